The molecule has 6 nitrogen and oxygen atoms in total. The van der Waals surface area contributed by atoms with E-state index >= 15 is 0 Å². The largest absolute Gasteiger partial charge is 0.366 e. The van der Waals surface area contributed by atoms with Crippen LogP contribution in [0.15, 0.2) is 30.3 Å². The molecule has 0 aliphatic carbocycles. The van der Waals surface area contributed by atoms with Crippen molar-refractivity contribution in [3.8, 4) is 0 Å². The number of aryl methyl sites for hydroxylation is 1. The molecule has 0 amide bonds. The van der Waals surface area contributed by atoms with Crippen LogP contribution in [0.3, 0.4) is 0 Å². The van der Waals surface area contributed by atoms with Crippen molar-refractivity contribution in [1.82, 2.24) is 9.97 Å². The molecule has 0 saturated carbocycles. The number of nitrogens with one attached hydrogen (secondary N) is 2. The Kier molecular flexibility index (Phi) is 4.91. The zero-order valence-corrected chi connectivity index (χ0v) is 14.9. The SMILES string of the molecule is Cc1nc(NCc2ccccc2Cl)cc(NC2CCS(=O)(=O)C2)n1. The minimum Gasteiger partial charge on any atom is -0.366 e. The third-order valence-electron chi connectivity index (χ3n) is 3.84. The lowest BCUT2D eigenvalue weighted by Crippen LogP contribution is -2.21. The highest BCUT2D eigenvalue weighted by atomic mass is 35.5. The standard InChI is InChI=1S/C16H19ClN4O2S/c1-11-19-15(18-9-12-4-2-3-5-14(12)17)8-16(20-11)21-13-6-7-24(22,23)10-13/h2-5,8,13H,6-7,9-10H2,1H3,(H2,18,19,20,21). The third kappa shape index (κ3) is 4.36. The Labute approximate surface area is 146 Å². The van der Waals surface area contributed by atoms with Gasteiger partial charge in [-0.25, -0.2) is 18.4 Å². The van der Waals surface area contributed by atoms with Crippen LogP contribution in [0.5, 0.6) is 0 Å². The fraction of sp³-hybridized carbons (Fsp3) is 0.375. The Morgan fingerprint density at radius 1 is 1.25 bits per heavy atom. The van der Waals surface area contributed by atoms with E-state index in [0.29, 0.717) is 35.4 Å². The van der Waals surface area contributed by atoms with Crippen molar-refractivity contribution in [2.45, 2.75) is 25.9 Å². The molecule has 1 atom stereocenters. The Hall–Kier alpha value is -1.86. The van der Waals surface area contributed by atoms with Gasteiger partial charge in [0.05, 0.1) is 11.5 Å². The van der Waals surface area contributed by atoms with Gasteiger partial charge in [-0.05, 0) is 25.0 Å². The van der Waals surface area contributed by atoms with Gasteiger partial charge >= 0.3 is 0 Å². The molecule has 128 valence electrons. The van der Waals surface area contributed by atoms with Crippen molar-refractivity contribution in [2.24, 2.45) is 0 Å². The van der Waals surface area contributed by atoms with Gasteiger partial charge in [0, 0.05) is 23.7 Å². The molecule has 2 aromatic rings. The number of halogens is 1. The van der Waals surface area contributed by atoms with Gasteiger partial charge in [-0.15, -0.1) is 0 Å². The van der Waals surface area contributed by atoms with E-state index in [0.717, 1.165) is 5.56 Å². The Bertz CT molecular complexity index is 842. The first kappa shape index (κ1) is 17.0. The molecule has 1 aliphatic heterocycles. The molecule has 1 unspecified atom stereocenters. The van der Waals surface area contributed by atoms with Gasteiger partial charge in [0.2, 0.25) is 0 Å². The summed E-state index contributed by atoms with van der Waals surface area (Å²) in [7, 11) is -2.92. The zero-order valence-electron chi connectivity index (χ0n) is 13.3. The van der Waals surface area contributed by atoms with Crippen molar-refractivity contribution in [3.05, 3.63) is 46.7 Å². The number of anilines is 2. The minimum absolute atomic E-state index is 0.0966. The third-order valence-corrected chi connectivity index (χ3v) is 5.98. The van der Waals surface area contributed by atoms with Gasteiger partial charge in [0.1, 0.15) is 17.5 Å². The summed E-state index contributed by atoms with van der Waals surface area (Å²) in [5, 5.41) is 7.12. The summed E-state index contributed by atoms with van der Waals surface area (Å²) in [6, 6.07) is 9.30. The quantitative estimate of drug-likeness (QED) is 0.846. The van der Waals surface area contributed by atoms with Crippen LogP contribution in [0.25, 0.3) is 0 Å². The molecule has 1 fully saturated rings. The number of aromatic nitrogens is 2. The maximum Gasteiger partial charge on any atom is 0.152 e. The van der Waals surface area contributed by atoms with E-state index in [4.69, 9.17) is 11.6 Å². The van der Waals surface area contributed by atoms with Gasteiger partial charge < -0.3 is 10.6 Å². The molecule has 3 rings (SSSR count). The van der Waals surface area contributed by atoms with Gasteiger partial charge in [-0.2, -0.15) is 0 Å². The molecule has 0 spiro atoms. The van der Waals surface area contributed by atoms with Crippen molar-refractivity contribution in [1.29, 1.82) is 0 Å². The normalized spacial score (nSPS) is 19.2. The summed E-state index contributed by atoms with van der Waals surface area (Å²) in [5.41, 5.74) is 0.979. The van der Waals surface area contributed by atoms with E-state index in [-0.39, 0.29) is 17.5 Å². The smallest absolute Gasteiger partial charge is 0.152 e. The molecule has 1 aromatic carbocycles. The van der Waals surface area contributed by atoms with Crippen molar-refractivity contribution < 1.29 is 8.42 Å². The maximum atomic E-state index is 11.6. The summed E-state index contributed by atoms with van der Waals surface area (Å²) in [5.74, 6) is 2.30. The van der Waals surface area contributed by atoms with Crippen LogP contribution >= 0.6 is 11.6 Å². The molecule has 1 aliphatic rings. The Morgan fingerprint density at radius 2 is 2.00 bits per heavy atom. The molecule has 0 bridgehead atoms. The summed E-state index contributed by atoms with van der Waals surface area (Å²) >= 11 is 6.15. The second kappa shape index (κ2) is 6.94. The lowest BCUT2D eigenvalue weighted by Gasteiger charge is -2.14. The van der Waals surface area contributed by atoms with E-state index in [2.05, 4.69) is 20.6 Å². The van der Waals surface area contributed by atoms with E-state index in [1.807, 2.05) is 24.3 Å². The summed E-state index contributed by atoms with van der Waals surface area (Å²) < 4.78 is 23.1. The lowest BCUT2D eigenvalue weighted by atomic mass is 10.2. The van der Waals surface area contributed by atoms with Crippen LogP contribution in [0.2, 0.25) is 5.02 Å². The van der Waals surface area contributed by atoms with Crippen LogP contribution in [0, 0.1) is 6.92 Å². The first-order valence-corrected chi connectivity index (χ1v) is 9.91. The summed E-state index contributed by atoms with van der Waals surface area (Å²) in [6.45, 7) is 2.35. The van der Waals surface area contributed by atoms with E-state index < -0.39 is 9.84 Å². The van der Waals surface area contributed by atoms with Crippen molar-refractivity contribution >= 4 is 33.1 Å². The fourth-order valence-electron chi connectivity index (χ4n) is 2.68. The van der Waals surface area contributed by atoms with E-state index in [1.54, 1.807) is 13.0 Å². The number of hydrogen-bond donors (Lipinski definition) is 2. The van der Waals surface area contributed by atoms with Crippen molar-refractivity contribution in [2.75, 3.05) is 22.1 Å². The second-order valence-corrected chi connectivity index (χ2v) is 8.51. The topological polar surface area (TPSA) is 84.0 Å². The van der Waals surface area contributed by atoms with Crippen LogP contribution in [0.4, 0.5) is 11.6 Å². The second-order valence-electron chi connectivity index (χ2n) is 5.87. The first-order valence-electron chi connectivity index (χ1n) is 7.71. The van der Waals surface area contributed by atoms with Gasteiger partial charge in [0.15, 0.2) is 9.84 Å². The van der Waals surface area contributed by atoms with Gasteiger partial charge in [-0.1, -0.05) is 29.8 Å². The lowest BCUT2D eigenvalue weighted by molar-refractivity contribution is 0.602. The monoisotopic (exact) mass is 366 g/mol. The number of hydrogen-bond acceptors (Lipinski definition) is 6. The number of benzene rings is 1. The average Bonchev–Trinajstić information content (AvgIpc) is 2.85. The Balaban J connectivity index is 1.69. The predicted octanol–water partition coefficient (Wildman–Crippen LogP) is 2.65. The summed E-state index contributed by atoms with van der Waals surface area (Å²) in [6.07, 6.45) is 0.605. The number of sulfone groups is 1. The molecule has 24 heavy (non-hydrogen) atoms. The van der Waals surface area contributed by atoms with Gasteiger partial charge in [0.25, 0.3) is 0 Å². The highest BCUT2D eigenvalue weighted by Gasteiger charge is 2.28. The van der Waals surface area contributed by atoms with Crippen LogP contribution in [-0.4, -0.2) is 35.9 Å². The molecule has 1 aromatic heterocycles. The molecular formula is C16H19ClN4O2S. The molecule has 1 saturated heterocycles. The van der Waals surface area contributed by atoms with Gasteiger partial charge in [-0.3, -0.25) is 0 Å². The first-order chi connectivity index (χ1) is 11.4. The fourth-order valence-corrected chi connectivity index (χ4v) is 4.55. The van der Waals surface area contributed by atoms with E-state index in [1.165, 1.54) is 0 Å². The molecule has 2 N–H and O–H groups in total. The molecular weight excluding hydrogens is 348 g/mol. The molecule has 8 heteroatoms. The van der Waals surface area contributed by atoms with Crippen LogP contribution in [0.1, 0.15) is 17.8 Å². The average molecular weight is 367 g/mol. The highest BCUT2D eigenvalue weighted by molar-refractivity contribution is 7.91. The number of rotatable bonds is 5. The minimum atomic E-state index is -2.92. The number of nitrogens with zero attached hydrogens (tertiary/aromatic N) is 2. The van der Waals surface area contributed by atoms with Crippen molar-refractivity contribution in [3.63, 3.8) is 0 Å². The Morgan fingerprint density at radius 3 is 2.71 bits per heavy atom. The zero-order chi connectivity index (χ0) is 17.2. The predicted molar refractivity (Wildman–Crippen MR) is 96.2 cm³/mol. The van der Waals surface area contributed by atoms with Crippen LogP contribution in [-0.2, 0) is 16.4 Å². The molecule has 2 heterocycles. The maximum absolute atomic E-state index is 11.6. The van der Waals surface area contributed by atoms with Crippen LogP contribution < -0.4 is 10.6 Å². The highest BCUT2D eigenvalue weighted by Crippen LogP contribution is 2.20. The van der Waals surface area contributed by atoms with E-state index in [9.17, 15) is 8.42 Å². The summed E-state index contributed by atoms with van der Waals surface area (Å²) in [4.78, 5) is 8.69. The molecule has 0 radical (unpaired) electrons.